The molecule has 0 radical (unpaired) electrons. The average molecular weight is 480 g/mol. The van der Waals surface area contributed by atoms with Crippen LogP contribution in [0.3, 0.4) is 0 Å². The Morgan fingerprint density at radius 2 is 1.57 bits per heavy atom. The van der Waals surface area contributed by atoms with Crippen molar-refractivity contribution < 1.29 is 9.59 Å². The highest BCUT2D eigenvalue weighted by Crippen LogP contribution is 2.27. The summed E-state index contributed by atoms with van der Waals surface area (Å²) in [5, 5.41) is 12.1. The van der Waals surface area contributed by atoms with Gasteiger partial charge < -0.3 is 5.32 Å². The highest BCUT2D eigenvalue weighted by Gasteiger charge is 2.17. The maximum atomic E-state index is 13.3. The summed E-state index contributed by atoms with van der Waals surface area (Å²) < 4.78 is 1.71. The van der Waals surface area contributed by atoms with E-state index in [1.54, 1.807) is 4.52 Å². The Hall–Kier alpha value is -4.56. The van der Waals surface area contributed by atoms with E-state index in [1.807, 2.05) is 96.4 Å². The molecular formula is C27H21N5O2S. The third-order valence-corrected chi connectivity index (χ3v) is 6.06. The van der Waals surface area contributed by atoms with Gasteiger partial charge in [-0.1, -0.05) is 72.8 Å². The fourth-order valence-corrected chi connectivity index (χ4v) is 4.47. The lowest BCUT2D eigenvalue weighted by atomic mass is 10.0. The predicted octanol–water partition coefficient (Wildman–Crippen LogP) is 5.60. The van der Waals surface area contributed by atoms with E-state index in [9.17, 15) is 9.59 Å². The van der Waals surface area contributed by atoms with Crippen LogP contribution in [0.4, 0.5) is 11.6 Å². The molecule has 35 heavy (non-hydrogen) atoms. The Kier molecular flexibility index (Phi) is 6.19. The Morgan fingerprint density at radius 1 is 0.886 bits per heavy atom. The topological polar surface area (TPSA) is 88.4 Å². The van der Waals surface area contributed by atoms with Crippen molar-refractivity contribution in [3.8, 4) is 11.3 Å². The standard InChI is InChI=1S/C27H21N5O2S/c1-18(33)28-22-14-12-21(13-15-22)24-17-35-27-30-26(31-32(24)27)29-25(34)23(20-10-6-3-7-11-20)16-19-8-4-2-5-9-19/h2-17H,1H3,(H,28,33)(H,29,31,34)/b23-16-. The quantitative estimate of drug-likeness (QED) is 0.245. The second-order valence-corrected chi connectivity index (χ2v) is 8.63. The maximum Gasteiger partial charge on any atom is 0.258 e. The maximum absolute atomic E-state index is 13.3. The zero-order valence-corrected chi connectivity index (χ0v) is 19.6. The van der Waals surface area contributed by atoms with Gasteiger partial charge in [-0.05, 0) is 29.3 Å². The van der Waals surface area contributed by atoms with Crippen LogP contribution in [0.5, 0.6) is 0 Å². The van der Waals surface area contributed by atoms with Gasteiger partial charge in [0.2, 0.25) is 10.9 Å². The Labute approximate surface area is 205 Å². The molecule has 0 fully saturated rings. The van der Waals surface area contributed by atoms with Crippen molar-refractivity contribution in [2.45, 2.75) is 6.92 Å². The van der Waals surface area contributed by atoms with Gasteiger partial charge in [-0.25, -0.2) is 4.52 Å². The first-order valence-electron chi connectivity index (χ1n) is 10.9. The van der Waals surface area contributed by atoms with Gasteiger partial charge in [0.25, 0.3) is 11.9 Å². The minimum Gasteiger partial charge on any atom is -0.326 e. The van der Waals surface area contributed by atoms with Gasteiger partial charge in [0.1, 0.15) is 0 Å². The number of hydrogen-bond acceptors (Lipinski definition) is 5. The van der Waals surface area contributed by atoms with Crippen LogP contribution in [0.2, 0.25) is 0 Å². The number of thiazole rings is 1. The first kappa shape index (κ1) is 22.2. The predicted molar refractivity (Wildman–Crippen MR) is 140 cm³/mol. The molecule has 0 saturated heterocycles. The van der Waals surface area contributed by atoms with Crippen LogP contribution in [0.15, 0.2) is 90.3 Å². The van der Waals surface area contributed by atoms with Crippen molar-refractivity contribution in [3.63, 3.8) is 0 Å². The van der Waals surface area contributed by atoms with E-state index < -0.39 is 0 Å². The highest BCUT2D eigenvalue weighted by atomic mass is 32.1. The number of amides is 2. The molecule has 0 atom stereocenters. The third kappa shape index (κ3) is 5.02. The first-order valence-corrected chi connectivity index (χ1v) is 11.8. The molecule has 0 unspecified atom stereocenters. The number of aromatic nitrogens is 3. The summed E-state index contributed by atoms with van der Waals surface area (Å²) in [6.07, 6.45) is 1.85. The summed E-state index contributed by atoms with van der Waals surface area (Å²) >= 11 is 1.43. The highest BCUT2D eigenvalue weighted by molar-refractivity contribution is 7.15. The smallest absolute Gasteiger partial charge is 0.258 e. The van der Waals surface area contributed by atoms with Gasteiger partial charge in [-0.15, -0.1) is 16.4 Å². The molecule has 0 aliphatic carbocycles. The average Bonchev–Trinajstić information content (AvgIpc) is 3.44. The summed E-state index contributed by atoms with van der Waals surface area (Å²) in [4.78, 5) is 29.7. The molecule has 5 rings (SSSR count). The molecule has 0 spiro atoms. The van der Waals surface area contributed by atoms with Crippen LogP contribution in [-0.2, 0) is 9.59 Å². The molecule has 0 bridgehead atoms. The van der Waals surface area contributed by atoms with Crippen molar-refractivity contribution in [1.82, 2.24) is 14.6 Å². The van der Waals surface area contributed by atoms with Gasteiger partial charge in [0.15, 0.2) is 0 Å². The Morgan fingerprint density at radius 3 is 2.26 bits per heavy atom. The molecular weight excluding hydrogens is 458 g/mol. The Bertz CT molecular complexity index is 1520. The molecule has 3 aromatic carbocycles. The van der Waals surface area contributed by atoms with Crippen LogP contribution in [0, 0.1) is 0 Å². The number of hydrogen-bond donors (Lipinski definition) is 2. The van der Waals surface area contributed by atoms with E-state index in [2.05, 4.69) is 20.7 Å². The molecule has 0 aliphatic rings. The molecule has 8 heteroatoms. The van der Waals surface area contributed by atoms with Gasteiger partial charge in [-0.3, -0.25) is 14.9 Å². The van der Waals surface area contributed by atoms with Crippen molar-refractivity contribution in [2.24, 2.45) is 0 Å². The van der Waals surface area contributed by atoms with E-state index in [4.69, 9.17) is 0 Å². The molecule has 7 nitrogen and oxygen atoms in total. The van der Waals surface area contributed by atoms with Crippen LogP contribution in [-0.4, -0.2) is 26.4 Å². The van der Waals surface area contributed by atoms with Gasteiger partial charge >= 0.3 is 0 Å². The van der Waals surface area contributed by atoms with Crippen LogP contribution in [0.1, 0.15) is 18.1 Å². The summed E-state index contributed by atoms with van der Waals surface area (Å²) in [7, 11) is 0. The van der Waals surface area contributed by atoms with Gasteiger partial charge in [0, 0.05) is 29.1 Å². The number of carbonyl (C=O) groups is 2. The SMILES string of the molecule is CC(=O)Nc1ccc(-c2csc3nc(NC(=O)/C(=C\c4ccccc4)c4ccccc4)nn23)cc1. The molecule has 2 amide bonds. The van der Waals surface area contributed by atoms with E-state index in [0.29, 0.717) is 10.5 Å². The molecule has 172 valence electrons. The lowest BCUT2D eigenvalue weighted by molar-refractivity contribution is -0.114. The second-order valence-electron chi connectivity index (χ2n) is 7.80. The number of fused-ring (bicyclic) bond motifs is 1. The first-order chi connectivity index (χ1) is 17.1. The van der Waals surface area contributed by atoms with Gasteiger partial charge in [0.05, 0.1) is 5.69 Å². The number of carbonyl (C=O) groups excluding carboxylic acids is 2. The van der Waals surface area contributed by atoms with Crippen LogP contribution < -0.4 is 10.6 Å². The fraction of sp³-hybridized carbons (Fsp3) is 0.0370. The number of nitrogens with zero attached hydrogens (tertiary/aromatic N) is 3. The zero-order valence-electron chi connectivity index (χ0n) is 18.8. The van der Waals surface area contributed by atoms with Crippen LogP contribution >= 0.6 is 11.3 Å². The minimum absolute atomic E-state index is 0.122. The molecule has 2 N–H and O–H groups in total. The largest absolute Gasteiger partial charge is 0.326 e. The Balaban J connectivity index is 1.43. The normalized spacial score (nSPS) is 11.4. The monoisotopic (exact) mass is 479 g/mol. The van der Waals surface area contributed by atoms with Gasteiger partial charge in [-0.2, -0.15) is 4.98 Å². The number of anilines is 2. The number of rotatable bonds is 6. The van der Waals surface area contributed by atoms with Crippen molar-refractivity contribution in [3.05, 3.63) is 101 Å². The summed E-state index contributed by atoms with van der Waals surface area (Å²) in [5.41, 5.74) is 4.72. The van der Waals surface area contributed by atoms with E-state index in [1.165, 1.54) is 18.3 Å². The number of nitrogens with one attached hydrogen (secondary N) is 2. The fourth-order valence-electron chi connectivity index (χ4n) is 3.64. The lowest BCUT2D eigenvalue weighted by Gasteiger charge is -2.08. The number of benzene rings is 3. The minimum atomic E-state index is -0.292. The molecule has 5 aromatic rings. The van der Waals surface area contributed by atoms with E-state index in [0.717, 1.165) is 28.1 Å². The third-order valence-electron chi connectivity index (χ3n) is 5.25. The molecule has 2 aromatic heterocycles. The zero-order chi connectivity index (χ0) is 24.2. The van der Waals surface area contributed by atoms with Crippen molar-refractivity contribution in [2.75, 3.05) is 10.6 Å². The van der Waals surface area contributed by atoms with Crippen molar-refractivity contribution in [1.29, 1.82) is 0 Å². The van der Waals surface area contributed by atoms with E-state index >= 15 is 0 Å². The van der Waals surface area contributed by atoms with Crippen molar-refractivity contribution >= 4 is 51.4 Å². The molecule has 0 aliphatic heterocycles. The van der Waals surface area contributed by atoms with E-state index in [-0.39, 0.29) is 17.8 Å². The molecule has 0 saturated carbocycles. The summed E-state index contributed by atoms with van der Waals surface area (Å²) in [6, 6.07) is 26.7. The summed E-state index contributed by atoms with van der Waals surface area (Å²) in [5.74, 6) is -0.184. The summed E-state index contributed by atoms with van der Waals surface area (Å²) in [6.45, 7) is 1.47. The molecule has 2 heterocycles. The lowest BCUT2D eigenvalue weighted by Crippen LogP contribution is -2.15. The van der Waals surface area contributed by atoms with Crippen LogP contribution in [0.25, 0.3) is 27.9 Å². The second kappa shape index (κ2) is 9.74.